The van der Waals surface area contributed by atoms with Gasteiger partial charge in [0.25, 0.3) is 0 Å². The van der Waals surface area contributed by atoms with E-state index in [0.717, 1.165) is 10.6 Å². The molecule has 0 N–H and O–H groups in total. The van der Waals surface area contributed by atoms with Crippen molar-refractivity contribution in [1.82, 2.24) is 0 Å². The van der Waals surface area contributed by atoms with Crippen molar-refractivity contribution in [3.63, 3.8) is 0 Å². The topological polar surface area (TPSA) is 0 Å². The van der Waals surface area contributed by atoms with Gasteiger partial charge in [-0.05, 0) is 30.0 Å². The average molecular weight is 168 g/mol. The minimum Gasteiger partial charge on any atom is -0.0837 e. The lowest BCUT2D eigenvalue weighted by Crippen LogP contribution is -1.90. The van der Waals surface area contributed by atoms with Crippen molar-refractivity contribution in [3.8, 4) is 0 Å². The second kappa shape index (κ2) is 3.27. The van der Waals surface area contributed by atoms with Crippen LogP contribution in [-0.4, -0.2) is 0 Å². The molecule has 0 heterocycles. The third-order valence-corrected chi connectivity index (χ3v) is 2.27. The number of rotatable bonds is 1. The molecule has 0 aromatic heterocycles. The number of hydrogen-bond acceptors (Lipinski definition) is 0. The second-order valence-electron chi connectivity index (χ2n) is 3.03. The molecule has 0 aliphatic carbocycles. The van der Waals surface area contributed by atoms with E-state index in [-0.39, 0.29) is 0 Å². The van der Waals surface area contributed by atoms with E-state index in [0.29, 0.717) is 5.92 Å². The highest BCUT2D eigenvalue weighted by Crippen LogP contribution is 2.26. The first-order chi connectivity index (χ1) is 5.13. The van der Waals surface area contributed by atoms with E-state index in [9.17, 15) is 0 Å². The molecule has 0 amide bonds. The molecule has 0 spiro atoms. The van der Waals surface area contributed by atoms with Crippen molar-refractivity contribution >= 4 is 11.6 Å². The van der Waals surface area contributed by atoms with Gasteiger partial charge in [-0.3, -0.25) is 0 Å². The van der Waals surface area contributed by atoms with Gasteiger partial charge in [-0.15, -0.1) is 0 Å². The molecule has 0 saturated carbocycles. The summed E-state index contributed by atoms with van der Waals surface area (Å²) in [5.41, 5.74) is 2.25. The fourth-order valence-electron chi connectivity index (χ4n) is 1.06. The van der Waals surface area contributed by atoms with Crippen molar-refractivity contribution in [2.75, 3.05) is 0 Å². The van der Waals surface area contributed by atoms with Crippen LogP contribution < -0.4 is 0 Å². The van der Waals surface area contributed by atoms with Crippen LogP contribution in [0.2, 0.25) is 5.02 Å². The van der Waals surface area contributed by atoms with Crippen LogP contribution in [-0.2, 0) is 0 Å². The molecule has 0 bridgehead atoms. The SMILES string of the molecule is Cc1[c]ccc(C(C)C)c1Cl. The molecule has 1 aromatic rings. The van der Waals surface area contributed by atoms with Gasteiger partial charge < -0.3 is 0 Å². The van der Waals surface area contributed by atoms with Gasteiger partial charge in [-0.1, -0.05) is 37.6 Å². The summed E-state index contributed by atoms with van der Waals surface area (Å²) in [7, 11) is 0. The zero-order valence-corrected chi connectivity index (χ0v) is 7.87. The Labute approximate surface area is 73.2 Å². The molecule has 0 fully saturated rings. The molecule has 0 unspecified atom stereocenters. The Balaban J connectivity index is 3.17. The van der Waals surface area contributed by atoms with E-state index < -0.39 is 0 Å². The number of halogens is 1. The molecule has 11 heavy (non-hydrogen) atoms. The van der Waals surface area contributed by atoms with Crippen molar-refractivity contribution in [2.24, 2.45) is 0 Å². The number of benzene rings is 1. The normalized spacial score (nSPS) is 10.6. The van der Waals surface area contributed by atoms with Crippen LogP contribution in [0, 0.1) is 13.0 Å². The predicted molar refractivity (Wildman–Crippen MR) is 49.1 cm³/mol. The number of hydrogen-bond donors (Lipinski definition) is 0. The Hall–Kier alpha value is -0.490. The zero-order valence-electron chi connectivity index (χ0n) is 7.11. The van der Waals surface area contributed by atoms with Gasteiger partial charge in [0.2, 0.25) is 0 Å². The Bertz CT molecular complexity index is 251. The van der Waals surface area contributed by atoms with Gasteiger partial charge in [-0.2, -0.15) is 0 Å². The molecule has 1 aromatic carbocycles. The average Bonchev–Trinajstić information content (AvgIpc) is 1.94. The molecule has 0 saturated heterocycles. The predicted octanol–water partition coefficient (Wildman–Crippen LogP) is 3.57. The summed E-state index contributed by atoms with van der Waals surface area (Å²) in [6.45, 7) is 6.26. The third kappa shape index (κ3) is 1.75. The van der Waals surface area contributed by atoms with E-state index in [4.69, 9.17) is 11.6 Å². The second-order valence-corrected chi connectivity index (χ2v) is 3.40. The lowest BCUT2D eigenvalue weighted by Gasteiger charge is -2.08. The summed E-state index contributed by atoms with van der Waals surface area (Å²) in [5.74, 6) is 0.496. The molecule has 1 radical (unpaired) electrons. The fraction of sp³-hybridized carbons (Fsp3) is 0.400. The van der Waals surface area contributed by atoms with Crippen LogP contribution in [0.3, 0.4) is 0 Å². The Morgan fingerprint density at radius 2 is 2.09 bits per heavy atom. The molecule has 0 atom stereocenters. The summed E-state index contributed by atoms with van der Waals surface area (Å²) >= 11 is 6.06. The van der Waals surface area contributed by atoms with E-state index in [2.05, 4.69) is 19.9 Å². The lowest BCUT2D eigenvalue weighted by atomic mass is 10.0. The van der Waals surface area contributed by atoms with Crippen LogP contribution in [0.1, 0.15) is 30.9 Å². The van der Waals surface area contributed by atoms with E-state index in [1.807, 2.05) is 19.1 Å². The summed E-state index contributed by atoms with van der Waals surface area (Å²) < 4.78 is 0. The molecular formula is C10H12Cl. The van der Waals surface area contributed by atoms with E-state index in [1.54, 1.807) is 0 Å². The first-order valence-corrected chi connectivity index (χ1v) is 4.17. The van der Waals surface area contributed by atoms with Gasteiger partial charge in [-0.25, -0.2) is 0 Å². The largest absolute Gasteiger partial charge is 0.0837 e. The summed E-state index contributed by atoms with van der Waals surface area (Å²) in [6, 6.07) is 7.02. The quantitative estimate of drug-likeness (QED) is 0.600. The molecule has 59 valence electrons. The Kier molecular flexibility index (Phi) is 2.56. The summed E-state index contributed by atoms with van der Waals surface area (Å²) in [4.78, 5) is 0. The minimum atomic E-state index is 0.496. The van der Waals surface area contributed by atoms with Gasteiger partial charge in [0.15, 0.2) is 0 Å². The van der Waals surface area contributed by atoms with Crippen LogP contribution in [0.15, 0.2) is 12.1 Å². The monoisotopic (exact) mass is 167 g/mol. The van der Waals surface area contributed by atoms with Crippen molar-refractivity contribution < 1.29 is 0 Å². The highest BCUT2D eigenvalue weighted by atomic mass is 35.5. The fourth-order valence-corrected chi connectivity index (χ4v) is 1.39. The molecule has 0 aliphatic rings. The molecule has 0 nitrogen and oxygen atoms in total. The molecule has 0 aliphatic heterocycles. The van der Waals surface area contributed by atoms with Gasteiger partial charge in [0, 0.05) is 5.02 Å². The number of aryl methyl sites for hydroxylation is 1. The summed E-state index contributed by atoms with van der Waals surface area (Å²) in [6.07, 6.45) is 0. The van der Waals surface area contributed by atoms with E-state index in [1.165, 1.54) is 5.56 Å². The maximum atomic E-state index is 6.06. The van der Waals surface area contributed by atoms with Crippen LogP contribution >= 0.6 is 11.6 Å². The van der Waals surface area contributed by atoms with Crippen LogP contribution in [0.4, 0.5) is 0 Å². The smallest absolute Gasteiger partial charge is 0.0475 e. The van der Waals surface area contributed by atoms with E-state index >= 15 is 0 Å². The van der Waals surface area contributed by atoms with Gasteiger partial charge >= 0.3 is 0 Å². The van der Waals surface area contributed by atoms with Crippen LogP contribution in [0.25, 0.3) is 0 Å². The Morgan fingerprint density at radius 3 is 2.55 bits per heavy atom. The molecule has 1 heteroatoms. The maximum Gasteiger partial charge on any atom is 0.0475 e. The van der Waals surface area contributed by atoms with Crippen molar-refractivity contribution in [3.05, 3.63) is 34.3 Å². The Morgan fingerprint density at radius 1 is 1.45 bits per heavy atom. The first kappa shape index (κ1) is 8.61. The lowest BCUT2D eigenvalue weighted by molar-refractivity contribution is 0.865. The van der Waals surface area contributed by atoms with Gasteiger partial charge in [0.1, 0.15) is 0 Å². The maximum absolute atomic E-state index is 6.06. The van der Waals surface area contributed by atoms with Crippen LogP contribution in [0.5, 0.6) is 0 Å². The standard InChI is InChI=1S/C10H12Cl/c1-7(2)9-6-4-5-8(3)10(9)11/h4,6-7H,1-3H3. The third-order valence-electron chi connectivity index (χ3n) is 1.77. The van der Waals surface area contributed by atoms with Crippen molar-refractivity contribution in [1.29, 1.82) is 0 Å². The summed E-state index contributed by atoms with van der Waals surface area (Å²) in [5, 5.41) is 0.863. The molecular weight excluding hydrogens is 156 g/mol. The molecule has 1 rings (SSSR count). The zero-order chi connectivity index (χ0) is 8.43. The van der Waals surface area contributed by atoms with Gasteiger partial charge in [0.05, 0.1) is 0 Å². The van der Waals surface area contributed by atoms with Crippen molar-refractivity contribution in [2.45, 2.75) is 26.7 Å². The highest BCUT2D eigenvalue weighted by molar-refractivity contribution is 6.32. The highest BCUT2D eigenvalue weighted by Gasteiger charge is 2.05. The minimum absolute atomic E-state index is 0.496. The first-order valence-electron chi connectivity index (χ1n) is 3.79.